The molecule has 1 aromatic carbocycles. The molecule has 0 saturated carbocycles. The Hall–Kier alpha value is -2.36. The highest BCUT2D eigenvalue weighted by atomic mass is 16.5. The van der Waals surface area contributed by atoms with E-state index < -0.39 is 5.97 Å². The van der Waals surface area contributed by atoms with Crippen molar-refractivity contribution in [2.24, 2.45) is 0 Å². The first-order valence-electron chi connectivity index (χ1n) is 6.23. The van der Waals surface area contributed by atoms with Crippen LogP contribution in [0.5, 0.6) is 0 Å². The fourth-order valence-electron chi connectivity index (χ4n) is 1.19. The molecular formula is C16H20O4. The summed E-state index contributed by atoms with van der Waals surface area (Å²) in [6, 6.07) is 9.51. The third kappa shape index (κ3) is 10.8. The lowest BCUT2D eigenvalue weighted by molar-refractivity contribution is -0.141. The Balaban J connectivity index is 0.000000441. The van der Waals surface area contributed by atoms with Gasteiger partial charge in [0.2, 0.25) is 0 Å². The highest BCUT2D eigenvalue weighted by molar-refractivity contribution is 5.72. The minimum atomic E-state index is -0.764. The monoisotopic (exact) mass is 276 g/mol. The molecule has 4 heteroatoms. The fourth-order valence-corrected chi connectivity index (χ4v) is 1.19. The molecule has 0 aliphatic rings. The molecule has 0 amide bonds. The molecule has 108 valence electrons. The molecule has 0 radical (unpaired) electrons. The number of rotatable bonds is 7. The summed E-state index contributed by atoms with van der Waals surface area (Å²) in [5.41, 5.74) is 0.969. The molecule has 0 aliphatic heterocycles. The van der Waals surface area contributed by atoms with Crippen molar-refractivity contribution < 1.29 is 19.4 Å². The van der Waals surface area contributed by atoms with Crippen molar-refractivity contribution in [3.63, 3.8) is 0 Å². The zero-order valence-corrected chi connectivity index (χ0v) is 11.5. The number of hydrogen-bond donors (Lipinski definition) is 1. The number of carbonyl (C=O) groups excluding carboxylic acids is 1. The predicted molar refractivity (Wildman–Crippen MR) is 78.4 cm³/mol. The lowest BCUT2D eigenvalue weighted by atomic mass is 10.2. The molecule has 0 fully saturated rings. The van der Waals surface area contributed by atoms with Crippen LogP contribution in [-0.4, -0.2) is 23.7 Å². The minimum absolute atomic E-state index is 0.198. The van der Waals surface area contributed by atoms with Gasteiger partial charge in [0.05, 0.1) is 6.42 Å². The normalized spacial score (nSPS) is 8.80. The number of hydrogen-bond acceptors (Lipinski definition) is 3. The maximum absolute atomic E-state index is 11.1. The third-order valence-electron chi connectivity index (χ3n) is 2.12. The van der Waals surface area contributed by atoms with E-state index in [1.807, 2.05) is 30.3 Å². The molecule has 0 atom stereocenters. The number of allylic oxidation sites excluding steroid dienone is 1. The number of esters is 1. The fraction of sp³-hybridized carbons (Fsp3) is 0.250. The topological polar surface area (TPSA) is 63.6 Å². The quantitative estimate of drug-likeness (QED) is 0.614. The largest absolute Gasteiger partial charge is 0.481 e. The number of carboxylic acid groups (broad SMARTS) is 1. The summed E-state index contributed by atoms with van der Waals surface area (Å²) in [6.45, 7) is 7.12. The first-order valence-corrected chi connectivity index (χ1v) is 6.23. The van der Waals surface area contributed by atoms with Gasteiger partial charge in [-0.15, -0.1) is 6.58 Å². The second-order valence-corrected chi connectivity index (χ2v) is 3.86. The molecule has 0 spiro atoms. The third-order valence-corrected chi connectivity index (χ3v) is 2.12. The summed E-state index contributed by atoms with van der Waals surface area (Å²) < 4.78 is 4.84. The van der Waals surface area contributed by atoms with Crippen molar-refractivity contribution in [3.8, 4) is 0 Å². The maximum Gasteiger partial charge on any atom is 0.310 e. The van der Waals surface area contributed by atoms with E-state index >= 15 is 0 Å². The van der Waals surface area contributed by atoms with Crippen LogP contribution in [0.25, 0.3) is 0 Å². The minimum Gasteiger partial charge on any atom is -0.481 e. The van der Waals surface area contributed by atoms with Gasteiger partial charge >= 0.3 is 11.9 Å². The van der Waals surface area contributed by atoms with Crippen LogP contribution in [0.2, 0.25) is 0 Å². The number of aliphatic carboxylic acids is 1. The van der Waals surface area contributed by atoms with Crippen molar-refractivity contribution in [3.05, 3.63) is 61.2 Å². The second kappa shape index (κ2) is 11.7. The summed E-state index contributed by atoms with van der Waals surface area (Å²) >= 11 is 0. The van der Waals surface area contributed by atoms with E-state index in [1.165, 1.54) is 0 Å². The Morgan fingerprint density at radius 3 is 2.25 bits per heavy atom. The summed E-state index contributed by atoms with van der Waals surface area (Å²) in [5, 5.41) is 8.00. The van der Waals surface area contributed by atoms with Crippen molar-refractivity contribution in [2.45, 2.75) is 19.3 Å². The van der Waals surface area contributed by atoms with E-state index in [9.17, 15) is 9.59 Å². The van der Waals surface area contributed by atoms with E-state index in [1.54, 1.807) is 12.2 Å². The average Bonchev–Trinajstić information content (AvgIpc) is 2.44. The Morgan fingerprint density at radius 1 is 1.15 bits per heavy atom. The molecule has 0 aromatic heterocycles. The van der Waals surface area contributed by atoms with Gasteiger partial charge < -0.3 is 9.84 Å². The van der Waals surface area contributed by atoms with E-state index in [4.69, 9.17) is 9.84 Å². The van der Waals surface area contributed by atoms with Crippen molar-refractivity contribution in [1.29, 1.82) is 0 Å². The lowest BCUT2D eigenvalue weighted by Crippen LogP contribution is -2.07. The molecular weight excluding hydrogens is 256 g/mol. The van der Waals surface area contributed by atoms with Gasteiger partial charge in [-0.05, 0) is 12.0 Å². The van der Waals surface area contributed by atoms with Crippen LogP contribution in [0, 0.1) is 0 Å². The van der Waals surface area contributed by atoms with Crippen molar-refractivity contribution in [2.75, 3.05) is 6.61 Å². The summed E-state index contributed by atoms with van der Waals surface area (Å²) in [7, 11) is 0. The summed E-state index contributed by atoms with van der Waals surface area (Å²) in [5.74, 6) is -0.981. The lowest BCUT2D eigenvalue weighted by Gasteiger charge is -2.00. The van der Waals surface area contributed by atoms with Gasteiger partial charge in [-0.25, -0.2) is 0 Å². The van der Waals surface area contributed by atoms with E-state index in [-0.39, 0.29) is 19.0 Å². The number of ether oxygens (including phenoxy) is 1. The molecule has 0 unspecified atom stereocenters. The Labute approximate surface area is 119 Å². The molecule has 0 saturated heterocycles. The molecule has 0 heterocycles. The highest BCUT2D eigenvalue weighted by Crippen LogP contribution is 2.00. The van der Waals surface area contributed by atoms with Crippen LogP contribution in [0.1, 0.15) is 18.4 Å². The zero-order valence-electron chi connectivity index (χ0n) is 11.5. The van der Waals surface area contributed by atoms with Crippen molar-refractivity contribution in [1.82, 2.24) is 0 Å². The highest BCUT2D eigenvalue weighted by Gasteiger charge is 2.01. The van der Waals surface area contributed by atoms with Gasteiger partial charge in [-0.2, -0.15) is 0 Å². The van der Waals surface area contributed by atoms with E-state index in [0.717, 1.165) is 5.56 Å². The SMILES string of the molecule is C=CCCC(=O)O.C=CCOC(=O)Cc1ccccc1. The zero-order chi connectivity index (χ0) is 15.2. The number of carboxylic acids is 1. The van der Waals surface area contributed by atoms with Gasteiger partial charge in [0, 0.05) is 6.42 Å². The van der Waals surface area contributed by atoms with Gasteiger partial charge in [-0.1, -0.05) is 49.1 Å². The molecule has 20 heavy (non-hydrogen) atoms. The van der Waals surface area contributed by atoms with Crippen LogP contribution in [0.15, 0.2) is 55.6 Å². The van der Waals surface area contributed by atoms with E-state index in [2.05, 4.69) is 13.2 Å². The molecule has 1 rings (SSSR count). The molecule has 1 aromatic rings. The Morgan fingerprint density at radius 2 is 1.80 bits per heavy atom. The van der Waals surface area contributed by atoms with Gasteiger partial charge in [0.1, 0.15) is 6.61 Å². The number of carbonyl (C=O) groups is 2. The van der Waals surface area contributed by atoms with Crippen LogP contribution >= 0.6 is 0 Å². The van der Waals surface area contributed by atoms with E-state index in [0.29, 0.717) is 12.8 Å². The van der Waals surface area contributed by atoms with Crippen molar-refractivity contribution >= 4 is 11.9 Å². The maximum atomic E-state index is 11.1. The van der Waals surface area contributed by atoms with Gasteiger partial charge in [-0.3, -0.25) is 9.59 Å². The van der Waals surface area contributed by atoms with Crippen LogP contribution < -0.4 is 0 Å². The first-order chi connectivity index (χ1) is 9.60. The van der Waals surface area contributed by atoms with Gasteiger partial charge in [0.25, 0.3) is 0 Å². The smallest absolute Gasteiger partial charge is 0.310 e. The molecule has 0 aliphatic carbocycles. The Bertz CT molecular complexity index is 423. The first kappa shape index (κ1) is 17.6. The summed E-state index contributed by atoms with van der Waals surface area (Å²) in [6.07, 6.45) is 4.24. The summed E-state index contributed by atoms with van der Waals surface area (Å²) in [4.78, 5) is 20.8. The Kier molecular flexibility index (Phi) is 10.3. The molecule has 0 bridgehead atoms. The molecule has 1 N–H and O–H groups in total. The second-order valence-electron chi connectivity index (χ2n) is 3.86. The standard InChI is InChI=1S/C11H12O2.C5H8O2/c1-2-8-13-11(12)9-10-6-4-3-5-7-10;1-2-3-4-5(6)7/h2-7H,1,8-9H2;2H,1,3-4H2,(H,6,7). The average molecular weight is 276 g/mol. The van der Waals surface area contributed by atoms with Crippen LogP contribution in [-0.2, 0) is 20.7 Å². The number of benzene rings is 1. The van der Waals surface area contributed by atoms with Crippen LogP contribution in [0.3, 0.4) is 0 Å². The predicted octanol–water partition coefficient (Wildman–Crippen LogP) is 3.00. The van der Waals surface area contributed by atoms with Crippen LogP contribution in [0.4, 0.5) is 0 Å². The molecule has 4 nitrogen and oxygen atoms in total. The van der Waals surface area contributed by atoms with Gasteiger partial charge in [0.15, 0.2) is 0 Å².